The largest absolute Gasteiger partial charge is 0.385 e. The van der Waals surface area contributed by atoms with Crippen molar-refractivity contribution in [1.82, 2.24) is 9.88 Å². The molecule has 1 N–H and O–H groups in total. The molecule has 0 aliphatic carbocycles. The standard InChI is InChI=1S/C11H15F2N3O/c1-3-14-8-4-5-15-9(6-8)11(17)16(2)7-10(12)13/h4-6,10H,3,7H2,1-2H3,(H,14,15). The molecule has 6 heteroatoms. The molecule has 0 saturated heterocycles. The van der Waals surface area contributed by atoms with E-state index in [0.717, 1.165) is 10.6 Å². The van der Waals surface area contributed by atoms with Crippen LogP contribution in [0.3, 0.4) is 0 Å². The molecule has 0 unspecified atom stereocenters. The number of alkyl halides is 2. The van der Waals surface area contributed by atoms with Gasteiger partial charge in [0.05, 0.1) is 6.54 Å². The number of nitrogens with zero attached hydrogens (tertiary/aromatic N) is 2. The van der Waals surface area contributed by atoms with Gasteiger partial charge in [-0.2, -0.15) is 0 Å². The SMILES string of the molecule is CCNc1ccnc(C(=O)N(C)CC(F)F)c1. The van der Waals surface area contributed by atoms with Crippen LogP contribution in [0.25, 0.3) is 0 Å². The second-order valence-corrected chi connectivity index (χ2v) is 3.54. The maximum atomic E-state index is 12.1. The van der Waals surface area contributed by atoms with Gasteiger partial charge in [-0.25, -0.2) is 8.78 Å². The molecule has 0 aliphatic rings. The summed E-state index contributed by atoms with van der Waals surface area (Å²) in [6, 6.07) is 3.27. The van der Waals surface area contributed by atoms with Gasteiger partial charge in [-0.05, 0) is 19.1 Å². The van der Waals surface area contributed by atoms with E-state index < -0.39 is 18.9 Å². The Morgan fingerprint density at radius 3 is 2.88 bits per heavy atom. The summed E-state index contributed by atoms with van der Waals surface area (Å²) in [6.45, 7) is 2.04. The van der Waals surface area contributed by atoms with Crippen LogP contribution in [0.2, 0.25) is 0 Å². The van der Waals surface area contributed by atoms with E-state index in [1.807, 2.05) is 6.92 Å². The van der Waals surface area contributed by atoms with E-state index in [4.69, 9.17) is 0 Å². The highest BCUT2D eigenvalue weighted by Crippen LogP contribution is 2.10. The molecule has 1 heterocycles. The second-order valence-electron chi connectivity index (χ2n) is 3.54. The number of hydrogen-bond donors (Lipinski definition) is 1. The first-order chi connectivity index (χ1) is 8.04. The van der Waals surface area contributed by atoms with E-state index in [-0.39, 0.29) is 5.69 Å². The summed E-state index contributed by atoms with van der Waals surface area (Å²) < 4.78 is 24.3. The first kappa shape index (κ1) is 13.3. The minimum Gasteiger partial charge on any atom is -0.385 e. The summed E-state index contributed by atoms with van der Waals surface area (Å²) in [7, 11) is 1.33. The lowest BCUT2D eigenvalue weighted by Gasteiger charge is -2.16. The van der Waals surface area contributed by atoms with E-state index in [1.165, 1.54) is 13.2 Å². The van der Waals surface area contributed by atoms with Crippen molar-refractivity contribution < 1.29 is 13.6 Å². The quantitative estimate of drug-likeness (QED) is 0.858. The lowest BCUT2D eigenvalue weighted by molar-refractivity contribution is 0.0615. The Kier molecular flexibility index (Phi) is 4.81. The van der Waals surface area contributed by atoms with E-state index in [0.29, 0.717) is 6.54 Å². The first-order valence-corrected chi connectivity index (χ1v) is 5.28. The highest BCUT2D eigenvalue weighted by Gasteiger charge is 2.17. The number of hydrogen-bond acceptors (Lipinski definition) is 3. The van der Waals surface area contributed by atoms with Crippen molar-refractivity contribution in [2.24, 2.45) is 0 Å². The molecule has 0 aromatic carbocycles. The molecule has 17 heavy (non-hydrogen) atoms. The van der Waals surface area contributed by atoms with Gasteiger partial charge < -0.3 is 10.2 Å². The molecule has 1 aromatic heterocycles. The van der Waals surface area contributed by atoms with E-state index >= 15 is 0 Å². The number of halogens is 2. The number of carbonyl (C=O) groups is 1. The van der Waals surface area contributed by atoms with Crippen LogP contribution in [0.1, 0.15) is 17.4 Å². The van der Waals surface area contributed by atoms with Crippen LogP contribution in [0.4, 0.5) is 14.5 Å². The fourth-order valence-corrected chi connectivity index (χ4v) is 1.35. The van der Waals surface area contributed by atoms with Gasteiger partial charge in [0.15, 0.2) is 0 Å². The smallest absolute Gasteiger partial charge is 0.272 e. The molecule has 0 bridgehead atoms. The summed E-state index contributed by atoms with van der Waals surface area (Å²) in [5, 5.41) is 3.02. The number of carbonyl (C=O) groups excluding carboxylic acids is 1. The van der Waals surface area contributed by atoms with Gasteiger partial charge in [0.1, 0.15) is 5.69 Å². The Morgan fingerprint density at radius 1 is 1.59 bits per heavy atom. The molecule has 1 amide bonds. The minimum atomic E-state index is -2.54. The molecule has 0 radical (unpaired) electrons. The fourth-order valence-electron chi connectivity index (χ4n) is 1.35. The maximum Gasteiger partial charge on any atom is 0.272 e. The Morgan fingerprint density at radius 2 is 2.29 bits per heavy atom. The fraction of sp³-hybridized carbons (Fsp3) is 0.455. The molecule has 94 valence electrons. The van der Waals surface area contributed by atoms with Crippen LogP contribution in [0.15, 0.2) is 18.3 Å². The van der Waals surface area contributed by atoms with Crippen molar-refractivity contribution in [2.75, 3.05) is 25.5 Å². The van der Waals surface area contributed by atoms with Crippen molar-refractivity contribution in [1.29, 1.82) is 0 Å². The highest BCUT2D eigenvalue weighted by atomic mass is 19.3. The topological polar surface area (TPSA) is 45.2 Å². The Hall–Kier alpha value is -1.72. The summed E-state index contributed by atoms with van der Waals surface area (Å²) in [6.07, 6.45) is -1.07. The molecule has 0 spiro atoms. The number of rotatable bonds is 5. The normalized spacial score (nSPS) is 10.4. The third kappa shape index (κ3) is 3.97. The van der Waals surface area contributed by atoms with Crippen LogP contribution in [0, 0.1) is 0 Å². The van der Waals surface area contributed by atoms with E-state index in [1.54, 1.807) is 12.1 Å². The van der Waals surface area contributed by atoms with Crippen LogP contribution in [-0.2, 0) is 0 Å². The van der Waals surface area contributed by atoms with Gasteiger partial charge in [-0.3, -0.25) is 9.78 Å². The van der Waals surface area contributed by atoms with Gasteiger partial charge in [-0.15, -0.1) is 0 Å². The monoisotopic (exact) mass is 243 g/mol. The molecule has 0 atom stereocenters. The number of amides is 1. The molecule has 0 saturated carbocycles. The molecule has 1 aromatic rings. The summed E-state index contributed by atoms with van der Waals surface area (Å²) in [5.41, 5.74) is 0.905. The Bertz CT molecular complexity index is 385. The zero-order chi connectivity index (χ0) is 12.8. The van der Waals surface area contributed by atoms with Gasteiger partial charge >= 0.3 is 0 Å². The van der Waals surface area contributed by atoms with Crippen molar-refractivity contribution >= 4 is 11.6 Å². The lowest BCUT2D eigenvalue weighted by atomic mass is 10.3. The van der Waals surface area contributed by atoms with Gasteiger partial charge in [0.25, 0.3) is 12.3 Å². The third-order valence-electron chi connectivity index (χ3n) is 2.12. The minimum absolute atomic E-state index is 0.159. The lowest BCUT2D eigenvalue weighted by Crippen LogP contribution is -2.31. The highest BCUT2D eigenvalue weighted by molar-refractivity contribution is 5.92. The number of nitrogens with one attached hydrogen (secondary N) is 1. The molecule has 0 fully saturated rings. The molecular formula is C11H15F2N3O. The van der Waals surface area contributed by atoms with E-state index in [9.17, 15) is 13.6 Å². The van der Waals surface area contributed by atoms with Crippen LogP contribution in [0.5, 0.6) is 0 Å². The Balaban J connectivity index is 2.77. The third-order valence-corrected chi connectivity index (χ3v) is 2.12. The van der Waals surface area contributed by atoms with Crippen LogP contribution in [-0.4, -0.2) is 42.4 Å². The molecule has 1 rings (SSSR count). The predicted octanol–water partition coefficient (Wildman–Crippen LogP) is 1.85. The predicted molar refractivity (Wildman–Crippen MR) is 61.4 cm³/mol. The van der Waals surface area contributed by atoms with Crippen LogP contribution >= 0.6 is 0 Å². The van der Waals surface area contributed by atoms with E-state index in [2.05, 4.69) is 10.3 Å². The Labute approximate surface area is 98.6 Å². The molecule has 0 aliphatic heterocycles. The number of anilines is 1. The van der Waals surface area contributed by atoms with Crippen molar-refractivity contribution in [3.63, 3.8) is 0 Å². The summed E-state index contributed by atoms with van der Waals surface area (Å²) >= 11 is 0. The molecular weight excluding hydrogens is 228 g/mol. The number of pyridine rings is 1. The zero-order valence-electron chi connectivity index (χ0n) is 9.78. The average molecular weight is 243 g/mol. The summed E-state index contributed by atoms with van der Waals surface area (Å²) in [5.74, 6) is -0.509. The maximum absolute atomic E-state index is 12.1. The van der Waals surface area contributed by atoms with Crippen molar-refractivity contribution in [3.8, 4) is 0 Å². The average Bonchev–Trinajstić information content (AvgIpc) is 2.28. The first-order valence-electron chi connectivity index (χ1n) is 5.28. The van der Waals surface area contributed by atoms with Gasteiger partial charge in [0.2, 0.25) is 0 Å². The van der Waals surface area contributed by atoms with Gasteiger partial charge in [0, 0.05) is 25.5 Å². The van der Waals surface area contributed by atoms with Crippen molar-refractivity contribution in [2.45, 2.75) is 13.3 Å². The molecule has 4 nitrogen and oxygen atoms in total. The van der Waals surface area contributed by atoms with Crippen molar-refractivity contribution in [3.05, 3.63) is 24.0 Å². The second kappa shape index (κ2) is 6.12. The summed E-state index contributed by atoms with van der Waals surface area (Å²) in [4.78, 5) is 16.6. The number of aromatic nitrogens is 1. The van der Waals surface area contributed by atoms with Gasteiger partial charge in [-0.1, -0.05) is 0 Å². The van der Waals surface area contributed by atoms with Crippen LogP contribution < -0.4 is 5.32 Å². The zero-order valence-corrected chi connectivity index (χ0v) is 9.78.